The molecule has 0 radical (unpaired) electrons. The lowest BCUT2D eigenvalue weighted by atomic mass is 10.0. The lowest BCUT2D eigenvalue weighted by Gasteiger charge is -2.18. The summed E-state index contributed by atoms with van der Waals surface area (Å²) in [5, 5.41) is -0.336. The summed E-state index contributed by atoms with van der Waals surface area (Å²) in [7, 11) is 3.26. The number of aryl methyl sites for hydroxylation is 1. The highest BCUT2D eigenvalue weighted by Crippen LogP contribution is 2.42. The van der Waals surface area contributed by atoms with Gasteiger partial charge in [0.25, 0.3) is 0 Å². The van der Waals surface area contributed by atoms with E-state index in [1.807, 2.05) is 37.3 Å². The van der Waals surface area contributed by atoms with Gasteiger partial charge in [-0.25, -0.2) is 0 Å². The first-order chi connectivity index (χ1) is 9.97. The molecule has 0 bridgehead atoms. The topological polar surface area (TPSA) is 18.5 Å². The van der Waals surface area contributed by atoms with Crippen molar-refractivity contribution in [2.75, 3.05) is 14.2 Å². The number of hydrogen-bond acceptors (Lipinski definition) is 2. The summed E-state index contributed by atoms with van der Waals surface area (Å²) in [4.78, 5) is 0. The number of ether oxygens (including phenoxy) is 2. The Kier molecular flexibility index (Phi) is 5.58. The van der Waals surface area contributed by atoms with E-state index in [0.717, 1.165) is 31.6 Å². The van der Waals surface area contributed by atoms with Crippen LogP contribution in [0.3, 0.4) is 0 Å². The minimum Gasteiger partial charge on any atom is -0.496 e. The average Bonchev–Trinajstić information content (AvgIpc) is 2.46. The number of methoxy groups -OCH3 is 2. The first-order valence-corrected chi connectivity index (χ1v) is 8.31. The molecule has 0 aromatic heterocycles. The highest BCUT2D eigenvalue weighted by molar-refractivity contribution is 9.10. The van der Waals surface area contributed by atoms with Crippen molar-refractivity contribution in [3.8, 4) is 11.5 Å². The standard InChI is InChI=1S/C16H15Br2ClO2/c1-9-4-5-10(12(17)6-9)16(19)11-7-15(21-3)13(18)8-14(11)20-2/h4-8,16H,1-3H3. The second-order valence-electron chi connectivity index (χ2n) is 4.62. The summed E-state index contributed by atoms with van der Waals surface area (Å²) in [6.45, 7) is 2.04. The summed E-state index contributed by atoms with van der Waals surface area (Å²) >= 11 is 13.7. The Morgan fingerprint density at radius 1 is 0.905 bits per heavy atom. The molecule has 21 heavy (non-hydrogen) atoms. The van der Waals surface area contributed by atoms with Crippen LogP contribution in [0, 0.1) is 6.92 Å². The molecule has 0 saturated carbocycles. The smallest absolute Gasteiger partial charge is 0.133 e. The first kappa shape index (κ1) is 16.7. The molecule has 0 saturated heterocycles. The molecule has 0 heterocycles. The van der Waals surface area contributed by atoms with E-state index >= 15 is 0 Å². The Balaban J connectivity index is 2.53. The van der Waals surface area contributed by atoms with E-state index in [4.69, 9.17) is 21.1 Å². The van der Waals surface area contributed by atoms with E-state index < -0.39 is 0 Å². The van der Waals surface area contributed by atoms with Gasteiger partial charge in [-0.15, -0.1) is 11.6 Å². The van der Waals surface area contributed by atoms with Crippen molar-refractivity contribution in [3.05, 3.63) is 56.0 Å². The molecule has 0 aliphatic heterocycles. The maximum absolute atomic E-state index is 6.67. The summed E-state index contributed by atoms with van der Waals surface area (Å²) < 4.78 is 12.6. The first-order valence-electron chi connectivity index (χ1n) is 6.29. The van der Waals surface area contributed by atoms with Gasteiger partial charge in [0.1, 0.15) is 11.5 Å². The number of alkyl halides is 1. The van der Waals surface area contributed by atoms with E-state index in [9.17, 15) is 0 Å². The van der Waals surface area contributed by atoms with Crippen LogP contribution in [0.15, 0.2) is 39.3 Å². The zero-order valence-corrected chi connectivity index (χ0v) is 15.8. The minimum absolute atomic E-state index is 0.336. The fourth-order valence-electron chi connectivity index (χ4n) is 2.09. The number of rotatable bonds is 4. The van der Waals surface area contributed by atoms with Crippen LogP contribution in [0.5, 0.6) is 11.5 Å². The molecule has 0 spiro atoms. The predicted octanol–water partition coefficient (Wildman–Crippen LogP) is 5.87. The average molecular weight is 435 g/mol. The SMILES string of the molecule is COc1cc(C(Cl)c2ccc(C)cc2Br)c(OC)cc1Br. The highest BCUT2D eigenvalue weighted by Gasteiger charge is 2.20. The normalized spacial score (nSPS) is 12.1. The molecule has 0 fully saturated rings. The van der Waals surface area contributed by atoms with Gasteiger partial charge >= 0.3 is 0 Å². The molecule has 0 N–H and O–H groups in total. The van der Waals surface area contributed by atoms with Crippen LogP contribution in [0.1, 0.15) is 22.1 Å². The second-order valence-corrected chi connectivity index (χ2v) is 6.76. The molecule has 0 amide bonds. The summed E-state index contributed by atoms with van der Waals surface area (Å²) in [5.74, 6) is 1.44. The van der Waals surface area contributed by atoms with Gasteiger partial charge in [-0.2, -0.15) is 0 Å². The van der Waals surface area contributed by atoms with Crippen molar-refractivity contribution >= 4 is 43.5 Å². The molecule has 5 heteroatoms. The summed E-state index contributed by atoms with van der Waals surface area (Å²) in [6.07, 6.45) is 0. The van der Waals surface area contributed by atoms with Gasteiger partial charge in [0, 0.05) is 10.0 Å². The van der Waals surface area contributed by atoms with Crippen molar-refractivity contribution in [3.63, 3.8) is 0 Å². The van der Waals surface area contributed by atoms with E-state index in [1.165, 1.54) is 5.56 Å². The zero-order valence-electron chi connectivity index (χ0n) is 11.9. The third-order valence-corrected chi connectivity index (χ3v) is 4.98. The van der Waals surface area contributed by atoms with E-state index in [0.29, 0.717) is 0 Å². The van der Waals surface area contributed by atoms with Gasteiger partial charge in [0.2, 0.25) is 0 Å². The largest absolute Gasteiger partial charge is 0.496 e. The number of hydrogen-bond donors (Lipinski definition) is 0. The predicted molar refractivity (Wildman–Crippen MR) is 93.8 cm³/mol. The molecule has 2 nitrogen and oxygen atoms in total. The molecule has 1 atom stereocenters. The van der Waals surface area contributed by atoms with Crippen LogP contribution in [0.2, 0.25) is 0 Å². The Hall–Kier alpha value is -0.710. The maximum atomic E-state index is 6.67. The fraction of sp³-hybridized carbons (Fsp3) is 0.250. The van der Waals surface area contributed by atoms with E-state index in [-0.39, 0.29) is 5.38 Å². The van der Waals surface area contributed by atoms with Crippen molar-refractivity contribution in [2.45, 2.75) is 12.3 Å². The van der Waals surface area contributed by atoms with Crippen LogP contribution in [-0.2, 0) is 0 Å². The third-order valence-electron chi connectivity index (χ3n) is 3.21. The molecule has 0 aliphatic rings. The van der Waals surface area contributed by atoms with Crippen molar-refractivity contribution in [1.82, 2.24) is 0 Å². The Bertz CT molecular complexity index is 659. The Labute approximate surface area is 146 Å². The van der Waals surface area contributed by atoms with Crippen molar-refractivity contribution in [1.29, 1.82) is 0 Å². The van der Waals surface area contributed by atoms with Crippen LogP contribution in [-0.4, -0.2) is 14.2 Å². The Morgan fingerprint density at radius 3 is 2.14 bits per heavy atom. The maximum Gasteiger partial charge on any atom is 0.133 e. The van der Waals surface area contributed by atoms with Gasteiger partial charge in [-0.05, 0) is 52.2 Å². The fourth-order valence-corrected chi connectivity index (χ4v) is 3.79. The highest BCUT2D eigenvalue weighted by atomic mass is 79.9. The second kappa shape index (κ2) is 7.03. The molecule has 1 unspecified atom stereocenters. The Morgan fingerprint density at radius 2 is 1.57 bits per heavy atom. The third kappa shape index (κ3) is 3.55. The molecule has 2 aromatic carbocycles. The molecule has 0 aliphatic carbocycles. The lowest BCUT2D eigenvalue weighted by Crippen LogP contribution is -2.00. The van der Waals surface area contributed by atoms with E-state index in [1.54, 1.807) is 14.2 Å². The van der Waals surface area contributed by atoms with Crippen LogP contribution in [0.4, 0.5) is 0 Å². The molecule has 2 aromatic rings. The number of benzene rings is 2. The molecule has 2 rings (SSSR count). The van der Waals surface area contributed by atoms with Crippen molar-refractivity contribution < 1.29 is 9.47 Å². The minimum atomic E-state index is -0.336. The summed E-state index contributed by atoms with van der Waals surface area (Å²) in [6, 6.07) is 9.87. The van der Waals surface area contributed by atoms with Gasteiger partial charge in [-0.3, -0.25) is 0 Å². The van der Waals surface area contributed by atoms with Gasteiger partial charge in [0.05, 0.1) is 24.1 Å². The van der Waals surface area contributed by atoms with Crippen LogP contribution in [0.25, 0.3) is 0 Å². The quantitative estimate of drug-likeness (QED) is 0.561. The zero-order chi connectivity index (χ0) is 15.6. The molecule has 112 valence electrons. The van der Waals surface area contributed by atoms with Crippen molar-refractivity contribution in [2.24, 2.45) is 0 Å². The number of halogens is 3. The van der Waals surface area contributed by atoms with Gasteiger partial charge in [0.15, 0.2) is 0 Å². The summed E-state index contributed by atoms with van der Waals surface area (Å²) in [5.41, 5.74) is 3.03. The van der Waals surface area contributed by atoms with Crippen LogP contribution >= 0.6 is 43.5 Å². The van der Waals surface area contributed by atoms with Gasteiger partial charge < -0.3 is 9.47 Å². The molecular weight excluding hydrogens is 419 g/mol. The lowest BCUT2D eigenvalue weighted by molar-refractivity contribution is 0.397. The van der Waals surface area contributed by atoms with E-state index in [2.05, 4.69) is 31.9 Å². The monoisotopic (exact) mass is 432 g/mol. The van der Waals surface area contributed by atoms with Gasteiger partial charge in [-0.1, -0.05) is 28.1 Å². The molecular formula is C16H15Br2ClO2. The van der Waals surface area contributed by atoms with Crippen LogP contribution < -0.4 is 9.47 Å².